The molecule has 1 aliphatic rings. The maximum atomic E-state index is 12.5. The zero-order chi connectivity index (χ0) is 17.7. The van der Waals surface area contributed by atoms with Gasteiger partial charge in [0.15, 0.2) is 0 Å². The maximum absolute atomic E-state index is 12.5. The van der Waals surface area contributed by atoms with Gasteiger partial charge in [0.25, 0.3) is 0 Å². The van der Waals surface area contributed by atoms with Gasteiger partial charge in [-0.25, -0.2) is 8.42 Å². The summed E-state index contributed by atoms with van der Waals surface area (Å²) < 4.78 is 26.5. The summed E-state index contributed by atoms with van der Waals surface area (Å²) in [4.78, 5) is 2.73. The van der Waals surface area contributed by atoms with Crippen LogP contribution in [0.4, 0.5) is 0 Å². The van der Waals surface area contributed by atoms with Gasteiger partial charge < -0.3 is 10.2 Å². The molecule has 1 saturated heterocycles. The minimum Gasteiger partial charge on any atom is -0.307 e. The fourth-order valence-corrected chi connectivity index (χ4v) is 4.72. The van der Waals surface area contributed by atoms with Crippen molar-refractivity contribution in [2.24, 2.45) is 0 Å². The normalized spacial score (nSPS) is 18.9. The Bertz CT molecular complexity index is 604. The van der Waals surface area contributed by atoms with Crippen LogP contribution in [-0.4, -0.2) is 56.9 Å². The lowest BCUT2D eigenvalue weighted by Crippen LogP contribution is -2.41. The number of benzene rings is 1. The van der Waals surface area contributed by atoms with Crippen molar-refractivity contribution in [3.05, 3.63) is 29.8 Å². The van der Waals surface area contributed by atoms with Crippen LogP contribution < -0.4 is 5.32 Å². The summed E-state index contributed by atoms with van der Waals surface area (Å²) >= 11 is 0. The molecule has 5 nitrogen and oxygen atoms in total. The highest BCUT2D eigenvalue weighted by Crippen LogP contribution is 2.21. The van der Waals surface area contributed by atoms with Gasteiger partial charge in [-0.1, -0.05) is 26.0 Å². The fourth-order valence-electron chi connectivity index (χ4n) is 3.27. The van der Waals surface area contributed by atoms with Crippen molar-refractivity contribution in [2.45, 2.75) is 50.6 Å². The topological polar surface area (TPSA) is 52.7 Å². The Balaban J connectivity index is 2.03. The molecular weight excluding hydrogens is 322 g/mol. The van der Waals surface area contributed by atoms with Gasteiger partial charge in [0, 0.05) is 25.2 Å². The first-order valence-electron chi connectivity index (χ1n) is 8.93. The first-order valence-corrected chi connectivity index (χ1v) is 10.4. The molecule has 0 radical (unpaired) electrons. The number of rotatable bonds is 7. The predicted octanol–water partition coefficient (Wildman–Crippen LogP) is 2.46. The first-order chi connectivity index (χ1) is 11.4. The van der Waals surface area contributed by atoms with Gasteiger partial charge in [0.1, 0.15) is 0 Å². The number of likely N-dealkylation sites (tertiary alicyclic amines) is 1. The maximum Gasteiger partial charge on any atom is 0.243 e. The van der Waals surface area contributed by atoms with Gasteiger partial charge in [0.05, 0.1) is 4.90 Å². The quantitative estimate of drug-likeness (QED) is 0.818. The van der Waals surface area contributed by atoms with Crippen molar-refractivity contribution in [3.8, 4) is 0 Å². The van der Waals surface area contributed by atoms with Gasteiger partial charge in [-0.15, -0.1) is 0 Å². The molecule has 1 aromatic rings. The molecule has 1 heterocycles. The van der Waals surface area contributed by atoms with Gasteiger partial charge in [-0.2, -0.15) is 4.31 Å². The SMILES string of the molecule is CCN(CC)S(=O)(=O)c1ccc(C(C)NC2CCN(C)CC2)cc1. The third-order valence-electron chi connectivity index (χ3n) is 4.93. The zero-order valence-corrected chi connectivity index (χ0v) is 16.1. The number of sulfonamides is 1. The molecule has 0 bridgehead atoms. The second-order valence-electron chi connectivity index (χ2n) is 6.62. The van der Waals surface area contributed by atoms with E-state index in [1.165, 1.54) is 4.31 Å². The predicted molar refractivity (Wildman–Crippen MR) is 98.6 cm³/mol. The molecule has 1 aliphatic heterocycles. The van der Waals surface area contributed by atoms with Crippen LogP contribution in [0.5, 0.6) is 0 Å². The highest BCUT2D eigenvalue weighted by atomic mass is 32.2. The molecule has 0 spiro atoms. The molecular formula is C18H31N3O2S. The van der Waals surface area contributed by atoms with Crippen molar-refractivity contribution in [1.82, 2.24) is 14.5 Å². The molecule has 24 heavy (non-hydrogen) atoms. The zero-order valence-electron chi connectivity index (χ0n) is 15.3. The average Bonchev–Trinajstić information content (AvgIpc) is 2.58. The summed E-state index contributed by atoms with van der Waals surface area (Å²) in [6, 6.07) is 8.09. The summed E-state index contributed by atoms with van der Waals surface area (Å²) in [6.45, 7) is 9.12. The average molecular weight is 354 g/mol. The largest absolute Gasteiger partial charge is 0.307 e. The molecule has 0 aromatic heterocycles. The van der Waals surface area contributed by atoms with Gasteiger partial charge in [0.2, 0.25) is 10.0 Å². The van der Waals surface area contributed by atoms with E-state index in [1.807, 2.05) is 26.0 Å². The molecule has 1 unspecified atom stereocenters. The summed E-state index contributed by atoms with van der Waals surface area (Å²) in [5, 5.41) is 3.67. The van der Waals surface area contributed by atoms with E-state index in [-0.39, 0.29) is 6.04 Å². The lowest BCUT2D eigenvalue weighted by atomic mass is 10.0. The number of hydrogen-bond donors (Lipinski definition) is 1. The molecule has 136 valence electrons. The fraction of sp³-hybridized carbons (Fsp3) is 0.667. The summed E-state index contributed by atoms with van der Waals surface area (Å²) in [5.74, 6) is 0. The van der Waals surface area contributed by atoms with Gasteiger partial charge in [-0.05, 0) is 57.6 Å². The van der Waals surface area contributed by atoms with E-state index in [9.17, 15) is 8.42 Å². The van der Waals surface area contributed by atoms with E-state index in [4.69, 9.17) is 0 Å². The highest BCUT2D eigenvalue weighted by Gasteiger charge is 2.22. The number of nitrogens with zero attached hydrogens (tertiary/aromatic N) is 2. The molecule has 1 atom stereocenters. The third kappa shape index (κ3) is 4.57. The molecule has 0 amide bonds. The molecule has 1 N–H and O–H groups in total. The van der Waals surface area contributed by atoms with E-state index in [0.717, 1.165) is 31.5 Å². The standard InChI is InChI=1S/C18H31N3O2S/c1-5-21(6-2)24(22,23)18-9-7-16(8-10-18)15(3)19-17-11-13-20(4)14-12-17/h7-10,15,17,19H,5-6,11-14H2,1-4H3. The van der Waals surface area contributed by atoms with Crippen LogP contribution >= 0.6 is 0 Å². The van der Waals surface area contributed by atoms with E-state index in [0.29, 0.717) is 24.0 Å². The van der Waals surface area contributed by atoms with Crippen molar-refractivity contribution in [3.63, 3.8) is 0 Å². The van der Waals surface area contributed by atoms with Crippen LogP contribution in [0.1, 0.15) is 45.2 Å². The minimum atomic E-state index is -3.37. The van der Waals surface area contributed by atoms with Crippen molar-refractivity contribution < 1.29 is 8.42 Å². The van der Waals surface area contributed by atoms with Crippen molar-refractivity contribution in [1.29, 1.82) is 0 Å². The van der Waals surface area contributed by atoms with Crippen LogP contribution in [0.3, 0.4) is 0 Å². The Kier molecular flexibility index (Phi) is 6.80. The Hall–Kier alpha value is -0.950. The van der Waals surface area contributed by atoms with Crippen LogP contribution in [0.2, 0.25) is 0 Å². The van der Waals surface area contributed by atoms with Crippen LogP contribution in [0.15, 0.2) is 29.2 Å². The lowest BCUT2D eigenvalue weighted by Gasteiger charge is -2.31. The number of piperidine rings is 1. The van der Waals surface area contributed by atoms with E-state index in [2.05, 4.69) is 24.2 Å². The smallest absolute Gasteiger partial charge is 0.243 e. The third-order valence-corrected chi connectivity index (χ3v) is 6.99. The van der Waals surface area contributed by atoms with Crippen molar-refractivity contribution >= 4 is 10.0 Å². The molecule has 1 aromatic carbocycles. The van der Waals surface area contributed by atoms with Crippen LogP contribution in [0, 0.1) is 0 Å². The Morgan fingerprint density at radius 2 is 1.71 bits per heavy atom. The summed E-state index contributed by atoms with van der Waals surface area (Å²) in [7, 11) is -1.21. The van der Waals surface area contributed by atoms with E-state index in [1.54, 1.807) is 12.1 Å². The van der Waals surface area contributed by atoms with Gasteiger partial charge >= 0.3 is 0 Å². The monoisotopic (exact) mass is 353 g/mol. The van der Waals surface area contributed by atoms with E-state index >= 15 is 0 Å². The van der Waals surface area contributed by atoms with Crippen LogP contribution in [0.25, 0.3) is 0 Å². The van der Waals surface area contributed by atoms with Gasteiger partial charge in [-0.3, -0.25) is 0 Å². The van der Waals surface area contributed by atoms with Crippen LogP contribution in [-0.2, 0) is 10.0 Å². The second-order valence-corrected chi connectivity index (χ2v) is 8.56. The highest BCUT2D eigenvalue weighted by molar-refractivity contribution is 7.89. The molecule has 6 heteroatoms. The lowest BCUT2D eigenvalue weighted by molar-refractivity contribution is 0.226. The first kappa shape index (κ1) is 19.4. The second kappa shape index (κ2) is 8.43. The molecule has 0 aliphatic carbocycles. The Labute approximate surface area is 147 Å². The number of hydrogen-bond acceptors (Lipinski definition) is 4. The molecule has 0 saturated carbocycles. The van der Waals surface area contributed by atoms with Crippen molar-refractivity contribution in [2.75, 3.05) is 33.2 Å². The number of nitrogens with one attached hydrogen (secondary N) is 1. The molecule has 2 rings (SSSR count). The minimum absolute atomic E-state index is 0.226. The summed E-state index contributed by atoms with van der Waals surface area (Å²) in [5.41, 5.74) is 1.13. The Morgan fingerprint density at radius 1 is 1.17 bits per heavy atom. The summed E-state index contributed by atoms with van der Waals surface area (Å²) in [6.07, 6.45) is 2.32. The Morgan fingerprint density at radius 3 is 2.21 bits per heavy atom. The molecule has 1 fully saturated rings. The van der Waals surface area contributed by atoms with E-state index < -0.39 is 10.0 Å².